The molecule has 3 aromatic heterocycles. The Morgan fingerprint density at radius 2 is 1.73 bits per heavy atom. The van der Waals surface area contributed by atoms with Crippen LogP contribution in [-0.4, -0.2) is 32.1 Å². The number of hydrogen-bond acceptors (Lipinski definition) is 6. The van der Waals surface area contributed by atoms with Gasteiger partial charge in [-0.2, -0.15) is 0 Å². The Bertz CT molecular complexity index is 1250. The molecular formula is C28H32Cl2N4O3. The molecule has 0 aliphatic heterocycles. The molecule has 2 bridgehead atoms. The minimum atomic E-state index is -0.102. The van der Waals surface area contributed by atoms with Crippen LogP contribution < -0.4 is 4.74 Å². The first kappa shape index (κ1) is 24.0. The van der Waals surface area contributed by atoms with Crippen LogP contribution in [0.4, 0.5) is 0 Å². The van der Waals surface area contributed by atoms with Crippen molar-refractivity contribution in [3.63, 3.8) is 0 Å². The van der Waals surface area contributed by atoms with Crippen molar-refractivity contribution >= 4 is 23.2 Å². The third-order valence-electron chi connectivity index (χ3n) is 9.00. The summed E-state index contributed by atoms with van der Waals surface area (Å²) >= 11 is 13.0. The second-order valence-corrected chi connectivity index (χ2v) is 12.5. The highest BCUT2D eigenvalue weighted by molar-refractivity contribution is 6.38. The Morgan fingerprint density at radius 3 is 2.41 bits per heavy atom. The first-order chi connectivity index (χ1) is 18.0. The summed E-state index contributed by atoms with van der Waals surface area (Å²) in [6.45, 7) is 2.22. The lowest BCUT2D eigenvalue weighted by Gasteiger charge is -2.52. The number of halogens is 2. The van der Waals surface area contributed by atoms with Gasteiger partial charge in [0.05, 0.1) is 28.9 Å². The van der Waals surface area contributed by atoms with Crippen molar-refractivity contribution in [2.75, 3.05) is 6.61 Å². The summed E-state index contributed by atoms with van der Waals surface area (Å²) in [6.07, 6.45) is 16.6. The van der Waals surface area contributed by atoms with Gasteiger partial charge in [-0.25, -0.2) is 0 Å². The van der Waals surface area contributed by atoms with Gasteiger partial charge in [-0.15, -0.1) is 5.10 Å². The third kappa shape index (κ3) is 4.79. The smallest absolute Gasteiger partial charge is 0.232 e. The molecule has 3 heterocycles. The normalized spacial score (nSPS) is 27.1. The minimum Gasteiger partial charge on any atom is -0.476 e. The fourth-order valence-electron chi connectivity index (χ4n) is 6.16. The number of aromatic nitrogens is 4. The maximum Gasteiger partial charge on any atom is 0.232 e. The number of pyridine rings is 1. The van der Waals surface area contributed by atoms with E-state index in [-0.39, 0.29) is 11.0 Å². The molecule has 8 rings (SSSR count). The van der Waals surface area contributed by atoms with Crippen LogP contribution in [-0.2, 0) is 17.9 Å². The number of ether oxygens (including phenoxy) is 2. The van der Waals surface area contributed by atoms with Crippen LogP contribution in [0.2, 0.25) is 10.0 Å². The monoisotopic (exact) mass is 542 g/mol. The second-order valence-electron chi connectivity index (χ2n) is 11.7. The average Bonchev–Trinajstić information content (AvgIpc) is 3.83. The van der Waals surface area contributed by atoms with Crippen LogP contribution in [0.1, 0.15) is 81.4 Å². The summed E-state index contributed by atoms with van der Waals surface area (Å²) in [5, 5.41) is 9.98. The highest BCUT2D eigenvalue weighted by Crippen LogP contribution is 2.55. The Labute approximate surface area is 226 Å². The molecule has 5 saturated carbocycles. The summed E-state index contributed by atoms with van der Waals surface area (Å²) < 4.78 is 20.8. The van der Waals surface area contributed by atoms with Crippen LogP contribution in [0.15, 0.2) is 29.2 Å². The summed E-state index contributed by atoms with van der Waals surface area (Å²) in [7, 11) is 0. The summed E-state index contributed by atoms with van der Waals surface area (Å²) in [6, 6.07) is 2.01. The van der Waals surface area contributed by atoms with E-state index in [0.717, 1.165) is 87.6 Å². The lowest BCUT2D eigenvalue weighted by Crippen LogP contribution is -2.49. The van der Waals surface area contributed by atoms with Crippen molar-refractivity contribution in [2.24, 2.45) is 11.3 Å². The average molecular weight is 543 g/mol. The van der Waals surface area contributed by atoms with Gasteiger partial charge in [0.1, 0.15) is 11.5 Å². The van der Waals surface area contributed by atoms with Crippen molar-refractivity contribution in [1.82, 2.24) is 19.9 Å². The predicted octanol–water partition coefficient (Wildman–Crippen LogP) is 7.22. The molecule has 5 aliphatic rings. The van der Waals surface area contributed by atoms with E-state index in [1.165, 1.54) is 12.8 Å². The molecule has 0 radical (unpaired) electrons. The SMILES string of the molecule is Clc1cncc(Cl)c1-c1noc(C2CC2)c1COC12CCC(COc3ccn(CC4CC4)n3)(CC1)CC2. The van der Waals surface area contributed by atoms with Gasteiger partial charge in [0, 0.05) is 53.7 Å². The van der Waals surface area contributed by atoms with E-state index in [4.69, 9.17) is 37.2 Å². The van der Waals surface area contributed by atoms with Crippen molar-refractivity contribution in [2.45, 2.75) is 88.9 Å². The molecule has 5 fully saturated rings. The van der Waals surface area contributed by atoms with Gasteiger partial charge in [-0.3, -0.25) is 9.67 Å². The molecule has 0 saturated heterocycles. The van der Waals surface area contributed by atoms with Crippen LogP contribution in [0.25, 0.3) is 11.3 Å². The highest BCUT2D eigenvalue weighted by Gasteiger charge is 2.50. The van der Waals surface area contributed by atoms with Gasteiger partial charge in [-0.05, 0) is 70.1 Å². The number of nitrogens with zero attached hydrogens (tertiary/aromatic N) is 4. The standard InChI is InChI=1S/C28H32Cl2N4O3/c29-21-13-31-14-22(30)24(21)25-20(26(37-33-25)19-3-4-19)16-36-28-9-6-27(7-10-28,8-11-28)17-35-23-5-12-34(32-23)15-18-1-2-18/h5,12-14,18-19H,1-4,6-11,15-17H2. The largest absolute Gasteiger partial charge is 0.476 e. The van der Waals surface area contributed by atoms with Crippen molar-refractivity contribution < 1.29 is 14.0 Å². The van der Waals surface area contributed by atoms with Gasteiger partial charge in [-0.1, -0.05) is 28.4 Å². The fourth-order valence-corrected chi connectivity index (χ4v) is 6.71. The fraction of sp³-hybridized carbons (Fsp3) is 0.607. The lowest BCUT2D eigenvalue weighted by molar-refractivity contribution is -0.150. The molecule has 3 aromatic rings. The van der Waals surface area contributed by atoms with Gasteiger partial charge in [0.25, 0.3) is 0 Å². The van der Waals surface area contributed by atoms with E-state index in [1.54, 1.807) is 12.4 Å². The zero-order valence-corrected chi connectivity index (χ0v) is 22.4. The van der Waals surface area contributed by atoms with Crippen LogP contribution in [0.5, 0.6) is 5.88 Å². The molecule has 0 aromatic carbocycles. The zero-order chi connectivity index (χ0) is 25.0. The molecule has 0 amide bonds. The van der Waals surface area contributed by atoms with Crippen molar-refractivity contribution in [3.8, 4) is 17.1 Å². The summed E-state index contributed by atoms with van der Waals surface area (Å²) in [5.74, 6) is 2.90. The van der Waals surface area contributed by atoms with Gasteiger partial charge in [0.15, 0.2) is 0 Å². The van der Waals surface area contributed by atoms with E-state index >= 15 is 0 Å². The molecular weight excluding hydrogens is 511 g/mol. The number of hydrogen-bond donors (Lipinski definition) is 0. The van der Waals surface area contributed by atoms with Crippen LogP contribution in [0.3, 0.4) is 0 Å². The first-order valence-corrected chi connectivity index (χ1v) is 14.4. The van der Waals surface area contributed by atoms with Gasteiger partial charge < -0.3 is 14.0 Å². The molecule has 5 aliphatic carbocycles. The molecule has 9 heteroatoms. The molecule has 37 heavy (non-hydrogen) atoms. The van der Waals surface area contributed by atoms with E-state index in [2.05, 4.69) is 15.2 Å². The summed E-state index contributed by atoms with van der Waals surface area (Å²) in [4.78, 5) is 4.09. The molecule has 7 nitrogen and oxygen atoms in total. The van der Waals surface area contributed by atoms with E-state index in [9.17, 15) is 0 Å². The van der Waals surface area contributed by atoms with E-state index in [0.29, 0.717) is 33.8 Å². The van der Waals surface area contributed by atoms with Crippen molar-refractivity contribution in [3.05, 3.63) is 46.0 Å². The van der Waals surface area contributed by atoms with Crippen LogP contribution in [0, 0.1) is 11.3 Å². The molecule has 196 valence electrons. The molecule has 0 atom stereocenters. The van der Waals surface area contributed by atoms with E-state index in [1.807, 2.05) is 16.9 Å². The second kappa shape index (κ2) is 9.28. The lowest BCUT2D eigenvalue weighted by atomic mass is 9.59. The van der Waals surface area contributed by atoms with E-state index < -0.39 is 0 Å². The Hall–Kier alpha value is -2.09. The van der Waals surface area contributed by atoms with Gasteiger partial charge in [0.2, 0.25) is 5.88 Å². The third-order valence-corrected chi connectivity index (χ3v) is 9.57. The summed E-state index contributed by atoms with van der Waals surface area (Å²) in [5.41, 5.74) is 2.47. The number of rotatable bonds is 10. The van der Waals surface area contributed by atoms with Crippen LogP contribution >= 0.6 is 23.2 Å². The zero-order valence-electron chi connectivity index (χ0n) is 20.9. The molecule has 0 N–H and O–H groups in total. The Balaban J connectivity index is 1.01. The first-order valence-electron chi connectivity index (χ1n) is 13.6. The topological polar surface area (TPSA) is 75.2 Å². The Morgan fingerprint density at radius 1 is 1.00 bits per heavy atom. The molecule has 0 spiro atoms. The number of fused-ring (bicyclic) bond motifs is 3. The molecule has 0 unspecified atom stereocenters. The quantitative estimate of drug-likeness (QED) is 0.269. The highest BCUT2D eigenvalue weighted by atomic mass is 35.5. The Kier molecular flexibility index (Phi) is 6.02. The maximum absolute atomic E-state index is 6.76. The van der Waals surface area contributed by atoms with Crippen molar-refractivity contribution in [1.29, 1.82) is 0 Å². The minimum absolute atomic E-state index is 0.102. The maximum atomic E-state index is 6.76. The predicted molar refractivity (Wildman–Crippen MR) is 140 cm³/mol. The van der Waals surface area contributed by atoms with Gasteiger partial charge >= 0.3 is 0 Å².